The van der Waals surface area contributed by atoms with E-state index in [4.69, 9.17) is 9.47 Å². The van der Waals surface area contributed by atoms with E-state index in [1.165, 1.54) is 5.56 Å². The van der Waals surface area contributed by atoms with Crippen molar-refractivity contribution in [2.45, 2.75) is 6.42 Å². The average molecular weight is 321 g/mol. The zero-order valence-electron chi connectivity index (χ0n) is 14.0. The van der Waals surface area contributed by atoms with Crippen LogP contribution in [-0.2, 0) is 11.2 Å². The molecule has 6 heteroatoms. The highest BCUT2D eigenvalue weighted by Crippen LogP contribution is 2.11. The number of urea groups is 1. The largest absolute Gasteiger partial charge is 0.497 e. The Balaban J connectivity index is 1.62. The summed E-state index contributed by atoms with van der Waals surface area (Å²) in [5.74, 6) is 1.19. The van der Waals surface area contributed by atoms with Crippen LogP contribution in [0.15, 0.2) is 24.3 Å². The minimum absolute atomic E-state index is 0.120. The number of likely N-dealkylation sites (N-methyl/N-ethyl adjacent to an activating group) is 1. The van der Waals surface area contributed by atoms with E-state index in [0.29, 0.717) is 25.6 Å². The van der Waals surface area contributed by atoms with Crippen LogP contribution in [0.2, 0.25) is 0 Å². The molecular weight excluding hydrogens is 294 g/mol. The average Bonchev–Trinajstić information content (AvgIpc) is 2.77. The lowest BCUT2D eigenvalue weighted by molar-refractivity contribution is 0.122. The third-order valence-corrected chi connectivity index (χ3v) is 3.95. The smallest absolute Gasteiger partial charge is 0.314 e. The fourth-order valence-corrected chi connectivity index (χ4v) is 2.59. The highest BCUT2D eigenvalue weighted by atomic mass is 16.5. The van der Waals surface area contributed by atoms with Crippen molar-refractivity contribution in [2.24, 2.45) is 5.92 Å². The Hall–Kier alpha value is -1.79. The first kappa shape index (κ1) is 17.6. The number of benzene rings is 1. The van der Waals surface area contributed by atoms with Gasteiger partial charge >= 0.3 is 6.03 Å². The van der Waals surface area contributed by atoms with Crippen molar-refractivity contribution in [1.82, 2.24) is 15.5 Å². The molecule has 0 unspecified atom stereocenters. The molecule has 23 heavy (non-hydrogen) atoms. The van der Waals surface area contributed by atoms with Gasteiger partial charge in [0, 0.05) is 32.1 Å². The molecule has 1 aliphatic rings. The molecule has 0 radical (unpaired) electrons. The Kier molecular flexibility index (Phi) is 7.16. The van der Waals surface area contributed by atoms with Crippen LogP contribution in [0.1, 0.15) is 5.56 Å². The van der Waals surface area contributed by atoms with Gasteiger partial charge in [-0.05, 0) is 31.2 Å². The van der Waals surface area contributed by atoms with E-state index in [2.05, 4.69) is 22.6 Å². The number of nitrogens with zero attached hydrogens (tertiary/aromatic N) is 1. The number of rotatable bonds is 6. The van der Waals surface area contributed by atoms with Gasteiger partial charge in [-0.2, -0.15) is 0 Å². The molecule has 2 amide bonds. The lowest BCUT2D eigenvalue weighted by Crippen LogP contribution is -2.41. The van der Waals surface area contributed by atoms with Crippen LogP contribution in [-0.4, -0.2) is 64.5 Å². The van der Waals surface area contributed by atoms with Gasteiger partial charge in [-0.3, -0.25) is 0 Å². The predicted molar refractivity (Wildman–Crippen MR) is 89.9 cm³/mol. The molecule has 1 atom stereocenters. The number of ether oxygens (including phenoxy) is 2. The molecule has 6 nitrogen and oxygen atoms in total. The van der Waals surface area contributed by atoms with E-state index in [0.717, 1.165) is 31.9 Å². The van der Waals surface area contributed by atoms with Gasteiger partial charge in [0.2, 0.25) is 0 Å². The maximum Gasteiger partial charge on any atom is 0.314 e. The van der Waals surface area contributed by atoms with E-state index in [1.807, 2.05) is 24.3 Å². The molecule has 1 aromatic rings. The van der Waals surface area contributed by atoms with Gasteiger partial charge in [0.15, 0.2) is 0 Å². The zero-order valence-corrected chi connectivity index (χ0v) is 14.0. The third kappa shape index (κ3) is 6.46. The van der Waals surface area contributed by atoms with Crippen molar-refractivity contribution in [3.05, 3.63) is 29.8 Å². The minimum atomic E-state index is -0.120. The number of methoxy groups -OCH3 is 1. The first-order chi connectivity index (χ1) is 11.2. The molecule has 1 fully saturated rings. The van der Waals surface area contributed by atoms with Crippen LogP contribution in [0.3, 0.4) is 0 Å². The van der Waals surface area contributed by atoms with Crippen molar-refractivity contribution in [1.29, 1.82) is 0 Å². The van der Waals surface area contributed by atoms with Crippen LogP contribution in [0, 0.1) is 5.92 Å². The summed E-state index contributed by atoms with van der Waals surface area (Å²) in [7, 11) is 3.73. The van der Waals surface area contributed by atoms with Gasteiger partial charge in [0.1, 0.15) is 5.75 Å². The summed E-state index contributed by atoms with van der Waals surface area (Å²) >= 11 is 0. The molecule has 0 aromatic heterocycles. The first-order valence-corrected chi connectivity index (χ1v) is 8.08. The maximum atomic E-state index is 11.8. The van der Waals surface area contributed by atoms with E-state index in [9.17, 15) is 4.79 Å². The summed E-state index contributed by atoms with van der Waals surface area (Å²) in [6, 6.07) is 7.76. The van der Waals surface area contributed by atoms with Crippen molar-refractivity contribution < 1.29 is 14.3 Å². The number of carbonyl (C=O) groups is 1. The predicted octanol–water partition coefficient (Wildman–Crippen LogP) is 1.12. The normalized spacial score (nSPS) is 19.0. The molecule has 0 bridgehead atoms. The number of hydrogen-bond donors (Lipinski definition) is 2. The Morgan fingerprint density at radius 2 is 2.13 bits per heavy atom. The molecule has 1 heterocycles. The number of amides is 2. The van der Waals surface area contributed by atoms with E-state index in [-0.39, 0.29) is 6.03 Å². The second-order valence-electron chi connectivity index (χ2n) is 5.94. The van der Waals surface area contributed by atoms with Crippen LogP contribution >= 0.6 is 0 Å². The quantitative estimate of drug-likeness (QED) is 0.824. The van der Waals surface area contributed by atoms with Crippen molar-refractivity contribution in [2.75, 3.05) is 53.6 Å². The molecule has 1 aromatic carbocycles. The van der Waals surface area contributed by atoms with Gasteiger partial charge < -0.3 is 25.0 Å². The van der Waals surface area contributed by atoms with E-state index < -0.39 is 0 Å². The summed E-state index contributed by atoms with van der Waals surface area (Å²) in [5, 5.41) is 5.82. The Bertz CT molecular complexity index is 478. The summed E-state index contributed by atoms with van der Waals surface area (Å²) in [6.07, 6.45) is 0.798. The fourth-order valence-electron chi connectivity index (χ4n) is 2.59. The van der Waals surface area contributed by atoms with E-state index >= 15 is 0 Å². The highest BCUT2D eigenvalue weighted by molar-refractivity contribution is 5.73. The second-order valence-corrected chi connectivity index (χ2v) is 5.94. The molecule has 0 aliphatic carbocycles. The summed E-state index contributed by atoms with van der Waals surface area (Å²) in [5.41, 5.74) is 1.17. The summed E-state index contributed by atoms with van der Waals surface area (Å²) < 4.78 is 10.7. The summed E-state index contributed by atoms with van der Waals surface area (Å²) in [4.78, 5) is 14.1. The number of hydrogen-bond acceptors (Lipinski definition) is 4. The van der Waals surface area contributed by atoms with Crippen molar-refractivity contribution >= 4 is 6.03 Å². The van der Waals surface area contributed by atoms with Crippen LogP contribution in [0.5, 0.6) is 5.75 Å². The van der Waals surface area contributed by atoms with Gasteiger partial charge in [-0.1, -0.05) is 12.1 Å². The number of carbonyl (C=O) groups excluding carboxylic acids is 1. The number of nitrogens with one attached hydrogen (secondary N) is 2. The first-order valence-electron chi connectivity index (χ1n) is 8.08. The topological polar surface area (TPSA) is 62.8 Å². The van der Waals surface area contributed by atoms with Gasteiger partial charge in [-0.25, -0.2) is 4.79 Å². The molecule has 1 saturated heterocycles. The van der Waals surface area contributed by atoms with Crippen LogP contribution in [0.25, 0.3) is 0 Å². The molecule has 0 spiro atoms. The van der Waals surface area contributed by atoms with Gasteiger partial charge in [0.25, 0.3) is 0 Å². The van der Waals surface area contributed by atoms with Gasteiger partial charge in [0.05, 0.1) is 20.3 Å². The lowest BCUT2D eigenvalue weighted by Gasteiger charge is -2.19. The molecule has 1 aliphatic heterocycles. The van der Waals surface area contributed by atoms with Crippen LogP contribution < -0.4 is 15.4 Å². The Morgan fingerprint density at radius 1 is 1.35 bits per heavy atom. The summed E-state index contributed by atoms with van der Waals surface area (Å²) in [6.45, 7) is 4.62. The standard InChI is InChI=1S/C17H27N3O3/c1-20-9-10-23-13-15(12-20)11-19-17(21)18-8-7-14-3-5-16(22-2)6-4-14/h3-6,15H,7-13H2,1-2H3,(H2,18,19,21)/t15-/m0/s1. The van der Waals surface area contributed by atoms with Crippen molar-refractivity contribution in [3.8, 4) is 5.75 Å². The molecule has 2 N–H and O–H groups in total. The Morgan fingerprint density at radius 3 is 2.87 bits per heavy atom. The molecular formula is C17H27N3O3. The minimum Gasteiger partial charge on any atom is -0.497 e. The molecule has 128 valence electrons. The second kappa shape index (κ2) is 9.37. The lowest BCUT2D eigenvalue weighted by atomic mass is 10.1. The molecule has 0 saturated carbocycles. The van der Waals surface area contributed by atoms with E-state index in [1.54, 1.807) is 7.11 Å². The highest BCUT2D eigenvalue weighted by Gasteiger charge is 2.16. The van der Waals surface area contributed by atoms with Crippen molar-refractivity contribution in [3.63, 3.8) is 0 Å². The Labute approximate surface area is 138 Å². The zero-order chi connectivity index (χ0) is 16.5. The SMILES string of the molecule is COc1ccc(CCNC(=O)NC[C@@H]2COCCN(C)C2)cc1. The molecule has 2 rings (SSSR count). The van der Waals surface area contributed by atoms with Gasteiger partial charge in [-0.15, -0.1) is 0 Å². The maximum absolute atomic E-state index is 11.8. The monoisotopic (exact) mass is 321 g/mol. The fraction of sp³-hybridized carbons (Fsp3) is 0.588. The van der Waals surface area contributed by atoms with Crippen LogP contribution in [0.4, 0.5) is 4.79 Å². The third-order valence-electron chi connectivity index (χ3n) is 3.95.